The van der Waals surface area contributed by atoms with Gasteiger partial charge in [-0.1, -0.05) is 23.2 Å². The Morgan fingerprint density at radius 2 is 1.81 bits per heavy atom. The molecular weight excluding hydrogens is 314 g/mol. The molecule has 0 spiro atoms. The second-order valence-electron chi connectivity index (χ2n) is 4.46. The predicted molar refractivity (Wildman–Crippen MR) is 81.9 cm³/mol. The molecule has 0 saturated heterocycles. The average Bonchev–Trinajstić information content (AvgIpc) is 2.47. The molecule has 21 heavy (non-hydrogen) atoms. The van der Waals surface area contributed by atoms with E-state index in [2.05, 4.69) is 0 Å². The predicted octanol–water partition coefficient (Wildman–Crippen LogP) is 5.17. The van der Waals surface area contributed by atoms with Crippen molar-refractivity contribution in [2.45, 2.75) is 12.8 Å². The van der Waals surface area contributed by atoms with E-state index < -0.39 is 0 Å². The maximum Gasteiger partial charge on any atom is 0.163 e. The normalized spacial score (nSPS) is 10.4. The molecule has 0 N–H and O–H groups in total. The molecule has 2 nitrogen and oxygen atoms in total. The van der Waals surface area contributed by atoms with E-state index in [0.29, 0.717) is 40.8 Å². The Labute approximate surface area is 132 Å². The van der Waals surface area contributed by atoms with E-state index in [1.54, 1.807) is 18.2 Å². The molecule has 0 aliphatic carbocycles. The fourth-order valence-electron chi connectivity index (χ4n) is 1.78. The number of rotatable bonds is 6. The van der Waals surface area contributed by atoms with Crippen molar-refractivity contribution in [1.82, 2.24) is 0 Å². The standard InChI is InChI=1S/C16H13Cl2FO2/c17-12-5-8-14(18)16(10-12)21-9-1-2-15(20)11-3-6-13(19)7-4-11/h3-8,10H,1-2,9H2. The summed E-state index contributed by atoms with van der Waals surface area (Å²) in [6, 6.07) is 10.5. The van der Waals surface area contributed by atoms with Gasteiger partial charge in [0.1, 0.15) is 11.6 Å². The first-order chi connectivity index (χ1) is 10.1. The zero-order chi connectivity index (χ0) is 15.2. The first kappa shape index (κ1) is 15.8. The molecule has 110 valence electrons. The van der Waals surface area contributed by atoms with Crippen LogP contribution in [0.25, 0.3) is 0 Å². The van der Waals surface area contributed by atoms with Gasteiger partial charge in [0.2, 0.25) is 0 Å². The highest BCUT2D eigenvalue weighted by atomic mass is 35.5. The van der Waals surface area contributed by atoms with Crippen LogP contribution in [0.5, 0.6) is 5.75 Å². The van der Waals surface area contributed by atoms with Crippen molar-refractivity contribution in [3.8, 4) is 5.75 Å². The molecule has 2 aromatic carbocycles. The number of ether oxygens (including phenoxy) is 1. The van der Waals surface area contributed by atoms with E-state index >= 15 is 0 Å². The summed E-state index contributed by atoms with van der Waals surface area (Å²) in [7, 11) is 0. The Bertz CT molecular complexity index is 627. The molecule has 0 aromatic heterocycles. The van der Waals surface area contributed by atoms with E-state index in [-0.39, 0.29) is 11.6 Å². The zero-order valence-corrected chi connectivity index (χ0v) is 12.6. The molecule has 0 aliphatic rings. The first-order valence-electron chi connectivity index (χ1n) is 6.43. The van der Waals surface area contributed by atoms with Crippen LogP contribution in [0.15, 0.2) is 42.5 Å². The Morgan fingerprint density at radius 1 is 1.10 bits per heavy atom. The van der Waals surface area contributed by atoms with Crippen molar-refractivity contribution >= 4 is 29.0 Å². The Kier molecular flexibility index (Phi) is 5.59. The summed E-state index contributed by atoms with van der Waals surface area (Å²) in [5, 5.41) is 1.01. The monoisotopic (exact) mass is 326 g/mol. The molecule has 2 rings (SSSR count). The van der Waals surface area contributed by atoms with Crippen molar-refractivity contribution in [3.05, 3.63) is 63.9 Å². The number of carbonyl (C=O) groups excluding carboxylic acids is 1. The Balaban J connectivity index is 1.80. The molecule has 0 unspecified atom stereocenters. The molecule has 0 aliphatic heterocycles. The summed E-state index contributed by atoms with van der Waals surface area (Å²) in [6.45, 7) is 0.354. The van der Waals surface area contributed by atoms with Gasteiger partial charge < -0.3 is 4.74 Å². The number of ketones is 1. The van der Waals surface area contributed by atoms with Gasteiger partial charge >= 0.3 is 0 Å². The largest absolute Gasteiger partial charge is 0.492 e. The average molecular weight is 327 g/mol. The number of carbonyl (C=O) groups is 1. The molecule has 0 bridgehead atoms. The quantitative estimate of drug-likeness (QED) is 0.540. The highest BCUT2D eigenvalue weighted by Crippen LogP contribution is 2.27. The lowest BCUT2D eigenvalue weighted by molar-refractivity contribution is 0.0973. The van der Waals surface area contributed by atoms with Crippen molar-refractivity contribution in [2.75, 3.05) is 6.61 Å². The Morgan fingerprint density at radius 3 is 2.52 bits per heavy atom. The lowest BCUT2D eigenvalue weighted by Gasteiger charge is -2.08. The van der Waals surface area contributed by atoms with Gasteiger partial charge in [0.05, 0.1) is 11.6 Å². The fourth-order valence-corrected chi connectivity index (χ4v) is 2.12. The summed E-state index contributed by atoms with van der Waals surface area (Å²) in [6.07, 6.45) is 0.864. The minimum atomic E-state index is -0.356. The van der Waals surface area contributed by atoms with Gasteiger partial charge in [-0.25, -0.2) is 4.39 Å². The van der Waals surface area contributed by atoms with Crippen LogP contribution in [0.2, 0.25) is 10.0 Å². The van der Waals surface area contributed by atoms with Crippen molar-refractivity contribution in [1.29, 1.82) is 0 Å². The number of benzene rings is 2. The van der Waals surface area contributed by atoms with Crippen molar-refractivity contribution in [3.63, 3.8) is 0 Å². The van der Waals surface area contributed by atoms with Crippen LogP contribution in [0.3, 0.4) is 0 Å². The molecule has 0 saturated carbocycles. The van der Waals surface area contributed by atoms with Gasteiger partial charge in [-0.3, -0.25) is 4.79 Å². The summed E-state index contributed by atoms with van der Waals surface area (Å²) < 4.78 is 18.3. The number of halogens is 3. The van der Waals surface area contributed by atoms with Crippen molar-refractivity contribution < 1.29 is 13.9 Å². The Hall–Kier alpha value is -1.58. The van der Waals surface area contributed by atoms with Crippen LogP contribution in [0.1, 0.15) is 23.2 Å². The molecular formula is C16H13Cl2FO2. The molecule has 2 aromatic rings. The highest BCUT2D eigenvalue weighted by molar-refractivity contribution is 6.34. The molecule has 0 radical (unpaired) electrons. The van der Waals surface area contributed by atoms with Gasteiger partial charge in [-0.05, 0) is 42.8 Å². The summed E-state index contributed by atoms with van der Waals surface area (Å²) in [4.78, 5) is 11.9. The van der Waals surface area contributed by atoms with Gasteiger partial charge in [0.15, 0.2) is 5.78 Å². The SMILES string of the molecule is O=C(CCCOc1cc(Cl)ccc1Cl)c1ccc(F)cc1. The van der Waals surface area contributed by atoms with Gasteiger partial charge in [0.25, 0.3) is 0 Å². The molecule has 5 heteroatoms. The van der Waals surface area contributed by atoms with Gasteiger partial charge in [-0.15, -0.1) is 0 Å². The molecule has 0 fully saturated rings. The van der Waals surface area contributed by atoms with E-state index in [1.165, 1.54) is 24.3 Å². The third kappa shape index (κ3) is 4.73. The maximum atomic E-state index is 12.8. The lowest BCUT2D eigenvalue weighted by atomic mass is 10.1. The minimum Gasteiger partial charge on any atom is -0.492 e. The lowest BCUT2D eigenvalue weighted by Crippen LogP contribution is -2.04. The second-order valence-corrected chi connectivity index (χ2v) is 5.30. The van der Waals surface area contributed by atoms with E-state index in [9.17, 15) is 9.18 Å². The first-order valence-corrected chi connectivity index (χ1v) is 7.18. The third-order valence-corrected chi connectivity index (χ3v) is 3.41. The summed E-state index contributed by atoms with van der Waals surface area (Å²) >= 11 is 11.8. The van der Waals surface area contributed by atoms with Crippen LogP contribution in [-0.4, -0.2) is 12.4 Å². The fraction of sp³-hybridized carbons (Fsp3) is 0.188. The topological polar surface area (TPSA) is 26.3 Å². The van der Waals surface area contributed by atoms with Crippen LogP contribution in [0, 0.1) is 5.82 Å². The van der Waals surface area contributed by atoms with Crippen LogP contribution in [0.4, 0.5) is 4.39 Å². The molecule has 0 atom stereocenters. The number of hydrogen-bond acceptors (Lipinski definition) is 2. The maximum absolute atomic E-state index is 12.8. The highest BCUT2D eigenvalue weighted by Gasteiger charge is 2.07. The van der Waals surface area contributed by atoms with E-state index in [0.717, 1.165) is 0 Å². The number of hydrogen-bond donors (Lipinski definition) is 0. The van der Waals surface area contributed by atoms with Crippen LogP contribution < -0.4 is 4.74 Å². The van der Waals surface area contributed by atoms with E-state index in [4.69, 9.17) is 27.9 Å². The van der Waals surface area contributed by atoms with Crippen LogP contribution >= 0.6 is 23.2 Å². The van der Waals surface area contributed by atoms with E-state index in [1.807, 2.05) is 0 Å². The number of Topliss-reactive ketones (excluding diaryl/α,β-unsaturated/α-hetero) is 1. The smallest absolute Gasteiger partial charge is 0.163 e. The second kappa shape index (κ2) is 7.43. The van der Waals surface area contributed by atoms with Gasteiger partial charge in [-0.2, -0.15) is 0 Å². The van der Waals surface area contributed by atoms with Crippen molar-refractivity contribution in [2.24, 2.45) is 0 Å². The minimum absolute atomic E-state index is 0.0456. The molecule has 0 heterocycles. The zero-order valence-electron chi connectivity index (χ0n) is 11.1. The van der Waals surface area contributed by atoms with Crippen LogP contribution in [-0.2, 0) is 0 Å². The summed E-state index contributed by atoms with van der Waals surface area (Å²) in [5.74, 6) is 0.0969. The summed E-state index contributed by atoms with van der Waals surface area (Å²) in [5.41, 5.74) is 0.497. The van der Waals surface area contributed by atoms with Gasteiger partial charge in [0, 0.05) is 23.1 Å². The third-order valence-electron chi connectivity index (χ3n) is 2.87. The molecule has 0 amide bonds.